The lowest BCUT2D eigenvalue weighted by atomic mass is 10.0. The summed E-state index contributed by atoms with van der Waals surface area (Å²) in [6.45, 7) is 5.66. The second kappa shape index (κ2) is 7.14. The number of carbonyl (C=O) groups is 1. The summed E-state index contributed by atoms with van der Waals surface area (Å²) in [6, 6.07) is 3.06. The molecule has 0 saturated heterocycles. The minimum absolute atomic E-state index is 0.0937. The van der Waals surface area contributed by atoms with Gasteiger partial charge >= 0.3 is 0 Å². The van der Waals surface area contributed by atoms with Crippen LogP contribution in [0.2, 0.25) is 0 Å². The summed E-state index contributed by atoms with van der Waals surface area (Å²) in [5.41, 5.74) is 1.29. The van der Waals surface area contributed by atoms with Crippen molar-refractivity contribution in [3.63, 3.8) is 0 Å². The zero-order chi connectivity index (χ0) is 15.3. The number of rotatable bonds is 6. The standard InChI is InChI=1S/C15H23NO4/c1-9(2)12(8-17)16-15(18)11-6-13(19-4)10(3)14(7-11)20-5/h6-7,9,12,17H,8H2,1-5H3,(H,16,18). The maximum Gasteiger partial charge on any atom is 0.251 e. The van der Waals surface area contributed by atoms with Crippen molar-refractivity contribution >= 4 is 5.91 Å². The molecule has 0 saturated carbocycles. The Morgan fingerprint density at radius 2 is 1.75 bits per heavy atom. The molecule has 20 heavy (non-hydrogen) atoms. The highest BCUT2D eigenvalue weighted by atomic mass is 16.5. The first-order chi connectivity index (χ1) is 9.44. The Bertz CT molecular complexity index is 446. The molecule has 1 rings (SSSR count). The Hall–Kier alpha value is -1.75. The van der Waals surface area contributed by atoms with Gasteiger partial charge in [-0.3, -0.25) is 4.79 Å². The van der Waals surface area contributed by atoms with E-state index in [9.17, 15) is 9.90 Å². The summed E-state index contributed by atoms with van der Waals surface area (Å²) < 4.78 is 10.5. The Labute approximate surface area is 119 Å². The Balaban J connectivity index is 3.04. The summed E-state index contributed by atoms with van der Waals surface area (Å²) >= 11 is 0. The smallest absolute Gasteiger partial charge is 0.251 e. The third-order valence-corrected chi connectivity index (χ3v) is 3.33. The van der Waals surface area contributed by atoms with Crippen LogP contribution in [0.25, 0.3) is 0 Å². The number of aliphatic hydroxyl groups is 1. The average Bonchev–Trinajstić information content (AvgIpc) is 2.44. The molecule has 0 radical (unpaired) electrons. The van der Waals surface area contributed by atoms with Crippen molar-refractivity contribution in [2.24, 2.45) is 5.92 Å². The second-order valence-electron chi connectivity index (χ2n) is 5.01. The topological polar surface area (TPSA) is 67.8 Å². The van der Waals surface area contributed by atoms with Crippen molar-refractivity contribution in [3.8, 4) is 11.5 Å². The van der Waals surface area contributed by atoms with E-state index in [1.54, 1.807) is 26.4 Å². The van der Waals surface area contributed by atoms with Gasteiger partial charge in [-0.25, -0.2) is 0 Å². The fourth-order valence-electron chi connectivity index (χ4n) is 1.89. The van der Waals surface area contributed by atoms with Crippen LogP contribution in [-0.4, -0.2) is 37.9 Å². The van der Waals surface area contributed by atoms with Crippen molar-refractivity contribution in [3.05, 3.63) is 23.3 Å². The van der Waals surface area contributed by atoms with Gasteiger partial charge in [-0.2, -0.15) is 0 Å². The van der Waals surface area contributed by atoms with Gasteiger partial charge in [-0.15, -0.1) is 0 Å². The number of hydrogen-bond donors (Lipinski definition) is 2. The predicted octanol–water partition coefficient (Wildman–Crippen LogP) is 1.76. The van der Waals surface area contributed by atoms with Gasteiger partial charge in [0.05, 0.1) is 26.9 Å². The maximum absolute atomic E-state index is 12.2. The molecule has 5 nitrogen and oxygen atoms in total. The van der Waals surface area contributed by atoms with Crippen LogP contribution in [0.1, 0.15) is 29.8 Å². The van der Waals surface area contributed by atoms with Gasteiger partial charge in [0.25, 0.3) is 5.91 Å². The SMILES string of the molecule is COc1cc(C(=O)NC(CO)C(C)C)cc(OC)c1C. The molecule has 0 aromatic heterocycles. The highest BCUT2D eigenvalue weighted by Gasteiger charge is 2.18. The fourth-order valence-corrected chi connectivity index (χ4v) is 1.89. The molecule has 1 aromatic rings. The molecule has 1 unspecified atom stereocenters. The van der Waals surface area contributed by atoms with E-state index < -0.39 is 0 Å². The van der Waals surface area contributed by atoms with Crippen LogP contribution >= 0.6 is 0 Å². The number of methoxy groups -OCH3 is 2. The van der Waals surface area contributed by atoms with Gasteiger partial charge in [-0.05, 0) is 25.0 Å². The fraction of sp³-hybridized carbons (Fsp3) is 0.533. The quantitative estimate of drug-likeness (QED) is 0.833. The first-order valence-electron chi connectivity index (χ1n) is 6.58. The maximum atomic E-state index is 12.2. The zero-order valence-corrected chi connectivity index (χ0v) is 12.7. The van der Waals surface area contributed by atoms with Gasteiger partial charge in [0.2, 0.25) is 0 Å². The molecule has 0 aliphatic rings. The molecular formula is C15H23NO4. The molecule has 1 amide bonds. The molecule has 5 heteroatoms. The molecule has 0 heterocycles. The van der Waals surface area contributed by atoms with Gasteiger partial charge in [0, 0.05) is 11.1 Å². The lowest BCUT2D eigenvalue weighted by molar-refractivity contribution is 0.0896. The van der Waals surface area contributed by atoms with E-state index >= 15 is 0 Å². The minimum atomic E-state index is -0.277. The number of carbonyl (C=O) groups excluding carboxylic acids is 1. The summed E-state index contributed by atoms with van der Waals surface area (Å²) in [5, 5.41) is 12.1. The van der Waals surface area contributed by atoms with E-state index in [0.717, 1.165) is 5.56 Å². The molecule has 2 N–H and O–H groups in total. The Morgan fingerprint density at radius 3 is 2.10 bits per heavy atom. The van der Waals surface area contributed by atoms with E-state index in [-0.39, 0.29) is 24.5 Å². The van der Waals surface area contributed by atoms with E-state index in [4.69, 9.17) is 9.47 Å². The lowest BCUT2D eigenvalue weighted by Crippen LogP contribution is -2.41. The molecule has 0 fully saturated rings. The summed E-state index contributed by atoms with van der Waals surface area (Å²) in [7, 11) is 3.10. The van der Waals surface area contributed by atoms with E-state index in [1.165, 1.54) is 0 Å². The number of benzene rings is 1. The van der Waals surface area contributed by atoms with Crippen molar-refractivity contribution in [2.45, 2.75) is 26.8 Å². The van der Waals surface area contributed by atoms with Crippen LogP contribution in [0.4, 0.5) is 0 Å². The average molecular weight is 281 g/mol. The monoisotopic (exact) mass is 281 g/mol. The van der Waals surface area contributed by atoms with Crippen LogP contribution in [0, 0.1) is 12.8 Å². The number of amides is 1. The van der Waals surface area contributed by atoms with E-state index in [2.05, 4.69) is 5.32 Å². The van der Waals surface area contributed by atoms with E-state index in [1.807, 2.05) is 20.8 Å². The summed E-state index contributed by atoms with van der Waals surface area (Å²) in [6.07, 6.45) is 0. The molecule has 0 bridgehead atoms. The van der Waals surface area contributed by atoms with Gasteiger partial charge in [0.1, 0.15) is 11.5 Å². The number of nitrogens with one attached hydrogen (secondary N) is 1. The predicted molar refractivity (Wildman–Crippen MR) is 77.5 cm³/mol. The molecule has 0 aliphatic heterocycles. The molecular weight excluding hydrogens is 258 g/mol. The third-order valence-electron chi connectivity index (χ3n) is 3.33. The molecule has 0 aliphatic carbocycles. The van der Waals surface area contributed by atoms with Crippen molar-refractivity contribution in [1.82, 2.24) is 5.32 Å². The highest BCUT2D eigenvalue weighted by molar-refractivity contribution is 5.95. The van der Waals surface area contributed by atoms with Crippen LogP contribution in [0.15, 0.2) is 12.1 Å². The Kier molecular flexibility index (Phi) is 5.82. The summed E-state index contributed by atoms with van der Waals surface area (Å²) in [4.78, 5) is 12.2. The van der Waals surface area contributed by atoms with Crippen LogP contribution in [0.3, 0.4) is 0 Å². The molecule has 0 spiro atoms. The van der Waals surface area contributed by atoms with Crippen molar-refractivity contribution in [2.75, 3.05) is 20.8 Å². The largest absolute Gasteiger partial charge is 0.496 e. The first kappa shape index (κ1) is 16.3. The number of aliphatic hydroxyl groups excluding tert-OH is 1. The molecule has 112 valence electrons. The summed E-state index contributed by atoms with van der Waals surface area (Å²) in [5.74, 6) is 1.09. The van der Waals surface area contributed by atoms with E-state index in [0.29, 0.717) is 17.1 Å². The highest BCUT2D eigenvalue weighted by Crippen LogP contribution is 2.29. The normalized spacial score (nSPS) is 12.2. The molecule has 1 atom stereocenters. The van der Waals surface area contributed by atoms with Crippen molar-refractivity contribution in [1.29, 1.82) is 0 Å². The number of ether oxygens (including phenoxy) is 2. The number of hydrogen-bond acceptors (Lipinski definition) is 4. The van der Waals surface area contributed by atoms with Gasteiger partial charge < -0.3 is 19.9 Å². The van der Waals surface area contributed by atoms with Crippen LogP contribution < -0.4 is 14.8 Å². The van der Waals surface area contributed by atoms with Gasteiger partial charge in [-0.1, -0.05) is 13.8 Å². The third kappa shape index (κ3) is 3.63. The lowest BCUT2D eigenvalue weighted by Gasteiger charge is -2.20. The Morgan fingerprint density at radius 1 is 1.25 bits per heavy atom. The first-order valence-corrected chi connectivity index (χ1v) is 6.58. The second-order valence-corrected chi connectivity index (χ2v) is 5.01. The molecule has 1 aromatic carbocycles. The van der Waals surface area contributed by atoms with Crippen molar-refractivity contribution < 1.29 is 19.4 Å². The zero-order valence-electron chi connectivity index (χ0n) is 12.7. The van der Waals surface area contributed by atoms with Crippen LogP contribution in [-0.2, 0) is 0 Å². The minimum Gasteiger partial charge on any atom is -0.496 e. The van der Waals surface area contributed by atoms with Gasteiger partial charge in [0.15, 0.2) is 0 Å². The van der Waals surface area contributed by atoms with Crippen LogP contribution in [0.5, 0.6) is 11.5 Å².